The molecule has 2 nitrogen and oxygen atoms in total. The number of anilines is 1. The average Bonchev–Trinajstić information content (AvgIpc) is 2.68. The van der Waals surface area contributed by atoms with E-state index in [4.69, 9.17) is 0 Å². The number of hydrogen-bond acceptors (Lipinski definition) is 2. The molecule has 2 aromatic rings. The second kappa shape index (κ2) is 7.43. The fraction of sp³-hybridized carbons (Fsp3) is 0.217. The lowest BCUT2D eigenvalue weighted by molar-refractivity contribution is 0.763. The first-order chi connectivity index (χ1) is 12.4. The number of fused-ring (bicyclic) bond motifs is 2. The number of allylic oxidation sites excluding steroid dienone is 4. The van der Waals surface area contributed by atoms with Gasteiger partial charge in [-0.2, -0.15) is 0 Å². The maximum absolute atomic E-state index is 3.50. The van der Waals surface area contributed by atoms with Gasteiger partial charge in [0.1, 0.15) is 0 Å². The number of hydrogen-bond donors (Lipinski definition) is 1. The summed E-state index contributed by atoms with van der Waals surface area (Å²) in [5, 5.41) is 3.50. The molecule has 1 N–H and O–H groups in total. The second-order valence-electron chi connectivity index (χ2n) is 6.57. The van der Waals surface area contributed by atoms with Gasteiger partial charge in [0.25, 0.3) is 0 Å². The minimum atomic E-state index is 1.01. The zero-order valence-corrected chi connectivity index (χ0v) is 14.5. The molecule has 0 atom stereocenters. The molecular weight excluding hydrogens is 304 g/mol. The van der Waals surface area contributed by atoms with Gasteiger partial charge in [0.15, 0.2) is 0 Å². The number of benzene rings is 2. The maximum atomic E-state index is 3.50. The van der Waals surface area contributed by atoms with E-state index in [0.717, 1.165) is 19.5 Å². The molecule has 2 heteroatoms. The van der Waals surface area contributed by atoms with Crippen molar-refractivity contribution in [2.45, 2.75) is 19.3 Å². The van der Waals surface area contributed by atoms with Gasteiger partial charge in [0, 0.05) is 36.2 Å². The molecule has 0 aromatic heterocycles. The van der Waals surface area contributed by atoms with Crippen molar-refractivity contribution in [2.24, 2.45) is 0 Å². The van der Waals surface area contributed by atoms with E-state index in [0.29, 0.717) is 0 Å². The molecule has 2 heterocycles. The normalized spacial score (nSPS) is 18.4. The van der Waals surface area contributed by atoms with Gasteiger partial charge in [-0.25, -0.2) is 0 Å². The molecule has 4 rings (SSSR count). The summed E-state index contributed by atoms with van der Waals surface area (Å²) in [6, 6.07) is 17.4. The van der Waals surface area contributed by atoms with E-state index in [1.165, 1.54) is 40.9 Å². The highest BCUT2D eigenvalue weighted by Gasteiger charge is 2.13. The summed E-state index contributed by atoms with van der Waals surface area (Å²) in [5.41, 5.74) is 6.77. The molecule has 0 saturated carbocycles. The lowest BCUT2D eigenvalue weighted by Crippen LogP contribution is -2.23. The number of aryl methyl sites for hydroxylation is 1. The summed E-state index contributed by atoms with van der Waals surface area (Å²) in [5.74, 6) is 0. The van der Waals surface area contributed by atoms with Gasteiger partial charge in [0.05, 0.1) is 0 Å². The van der Waals surface area contributed by atoms with Crippen LogP contribution in [0.4, 0.5) is 5.69 Å². The molecule has 0 aliphatic carbocycles. The Bertz CT molecular complexity index is 829. The van der Waals surface area contributed by atoms with Gasteiger partial charge in [-0.3, -0.25) is 0 Å². The van der Waals surface area contributed by atoms with Gasteiger partial charge in [-0.05, 0) is 48.6 Å². The van der Waals surface area contributed by atoms with Gasteiger partial charge >= 0.3 is 0 Å². The number of para-hydroxylation sites is 1. The van der Waals surface area contributed by atoms with Crippen LogP contribution in [0.5, 0.6) is 0 Å². The highest BCUT2D eigenvalue weighted by Crippen LogP contribution is 2.26. The number of nitrogens with zero attached hydrogens (tertiary/aromatic N) is 1. The van der Waals surface area contributed by atoms with Crippen molar-refractivity contribution in [3.63, 3.8) is 0 Å². The average molecular weight is 328 g/mol. The van der Waals surface area contributed by atoms with Crippen molar-refractivity contribution in [3.05, 3.63) is 95.7 Å². The van der Waals surface area contributed by atoms with Crippen LogP contribution in [0.15, 0.2) is 79.0 Å². The topological polar surface area (TPSA) is 15.3 Å². The molecule has 0 saturated heterocycles. The predicted octanol–water partition coefficient (Wildman–Crippen LogP) is 4.70. The van der Waals surface area contributed by atoms with E-state index < -0.39 is 0 Å². The van der Waals surface area contributed by atoms with Crippen LogP contribution in [0.1, 0.15) is 23.1 Å². The molecule has 0 unspecified atom stereocenters. The van der Waals surface area contributed by atoms with Crippen molar-refractivity contribution in [2.75, 3.05) is 18.0 Å². The first-order valence-electron chi connectivity index (χ1n) is 9.14. The molecule has 0 radical (unpaired) electrons. The van der Waals surface area contributed by atoms with Crippen LogP contribution in [0.3, 0.4) is 0 Å². The van der Waals surface area contributed by atoms with Gasteiger partial charge in [-0.1, -0.05) is 54.6 Å². The summed E-state index contributed by atoms with van der Waals surface area (Å²) < 4.78 is 0. The smallest absolute Gasteiger partial charge is 0.0438 e. The van der Waals surface area contributed by atoms with Crippen molar-refractivity contribution >= 4 is 11.4 Å². The molecule has 0 bridgehead atoms. The third-order valence-corrected chi connectivity index (χ3v) is 4.91. The van der Waals surface area contributed by atoms with Gasteiger partial charge in [0.2, 0.25) is 0 Å². The van der Waals surface area contributed by atoms with Crippen LogP contribution in [-0.4, -0.2) is 13.1 Å². The van der Waals surface area contributed by atoms with E-state index in [-0.39, 0.29) is 0 Å². The van der Waals surface area contributed by atoms with E-state index in [1.54, 1.807) is 0 Å². The Morgan fingerprint density at radius 2 is 1.68 bits per heavy atom. The third kappa shape index (κ3) is 3.53. The lowest BCUT2D eigenvalue weighted by atomic mass is 9.98. The SMILES string of the molecule is C(=C\C=C1\NCCc2ccccc21)/C=C/N1CCCc2ccccc21. The summed E-state index contributed by atoms with van der Waals surface area (Å²) in [4.78, 5) is 2.35. The standard InChI is InChI=1S/C23H24N2/c1(2-13-22-21-12-5-3-9-19(21)15-16-24-22)7-17-25-18-8-11-20-10-4-6-14-23(20)25/h1-7,9-10,12-14,17,24H,8,11,15-16,18H2/b2-1+,17-7+,22-13+. The van der Waals surface area contributed by atoms with E-state index >= 15 is 0 Å². The molecule has 2 aliphatic heterocycles. The van der Waals surface area contributed by atoms with Crippen molar-refractivity contribution in [3.8, 4) is 0 Å². The lowest BCUT2D eigenvalue weighted by Gasteiger charge is -2.27. The summed E-state index contributed by atoms with van der Waals surface area (Å²) in [6.07, 6.45) is 14.2. The molecule has 2 aromatic carbocycles. The van der Waals surface area contributed by atoms with Crippen LogP contribution in [0, 0.1) is 0 Å². The Kier molecular flexibility index (Phi) is 4.69. The fourth-order valence-electron chi connectivity index (χ4n) is 3.66. The molecular formula is C23H24N2. The van der Waals surface area contributed by atoms with E-state index in [9.17, 15) is 0 Å². The highest BCUT2D eigenvalue weighted by atomic mass is 15.1. The Morgan fingerprint density at radius 1 is 0.840 bits per heavy atom. The minimum absolute atomic E-state index is 1.01. The zero-order chi connectivity index (χ0) is 16.9. The maximum Gasteiger partial charge on any atom is 0.0438 e. The van der Waals surface area contributed by atoms with Crippen LogP contribution >= 0.6 is 0 Å². The minimum Gasteiger partial charge on any atom is -0.384 e. The first kappa shape index (κ1) is 15.8. The monoisotopic (exact) mass is 328 g/mol. The van der Waals surface area contributed by atoms with E-state index in [1.807, 2.05) is 0 Å². The quantitative estimate of drug-likeness (QED) is 0.822. The predicted molar refractivity (Wildman–Crippen MR) is 107 cm³/mol. The van der Waals surface area contributed by atoms with Crippen molar-refractivity contribution in [1.82, 2.24) is 5.32 Å². The molecule has 0 amide bonds. The van der Waals surface area contributed by atoms with Crippen LogP contribution < -0.4 is 10.2 Å². The fourth-order valence-corrected chi connectivity index (χ4v) is 3.66. The van der Waals surface area contributed by atoms with Crippen molar-refractivity contribution in [1.29, 1.82) is 0 Å². The number of nitrogens with one attached hydrogen (secondary N) is 1. The number of rotatable bonds is 3. The van der Waals surface area contributed by atoms with E-state index in [2.05, 4.69) is 89.3 Å². The van der Waals surface area contributed by atoms with Crippen LogP contribution in [0.2, 0.25) is 0 Å². The molecule has 126 valence electrons. The Balaban J connectivity index is 1.45. The van der Waals surface area contributed by atoms with Gasteiger partial charge in [-0.15, -0.1) is 0 Å². The first-order valence-corrected chi connectivity index (χ1v) is 9.14. The molecule has 0 fully saturated rings. The van der Waals surface area contributed by atoms with Crippen LogP contribution in [0.25, 0.3) is 5.70 Å². The highest BCUT2D eigenvalue weighted by molar-refractivity contribution is 5.69. The Labute approximate surface area is 150 Å². The van der Waals surface area contributed by atoms with Crippen LogP contribution in [-0.2, 0) is 12.8 Å². The summed E-state index contributed by atoms with van der Waals surface area (Å²) in [7, 11) is 0. The molecule has 25 heavy (non-hydrogen) atoms. The third-order valence-electron chi connectivity index (χ3n) is 4.91. The Hall–Kier alpha value is -2.74. The molecule has 0 spiro atoms. The Morgan fingerprint density at radius 3 is 2.64 bits per heavy atom. The molecule has 2 aliphatic rings. The second-order valence-corrected chi connectivity index (χ2v) is 6.57. The largest absolute Gasteiger partial charge is 0.384 e. The van der Waals surface area contributed by atoms with Crippen molar-refractivity contribution < 1.29 is 0 Å². The summed E-state index contributed by atoms with van der Waals surface area (Å²) >= 11 is 0. The summed E-state index contributed by atoms with van der Waals surface area (Å²) in [6.45, 7) is 2.11. The zero-order valence-electron chi connectivity index (χ0n) is 14.5. The van der Waals surface area contributed by atoms with Gasteiger partial charge < -0.3 is 10.2 Å².